The summed E-state index contributed by atoms with van der Waals surface area (Å²) in [5.74, 6) is 0.0828. The molecule has 1 saturated heterocycles. The third-order valence-electron chi connectivity index (χ3n) is 3.93. The van der Waals surface area contributed by atoms with Gasteiger partial charge in [0, 0.05) is 46.4 Å². The van der Waals surface area contributed by atoms with Crippen molar-refractivity contribution in [1.82, 2.24) is 15.1 Å². The molecule has 23 heavy (non-hydrogen) atoms. The van der Waals surface area contributed by atoms with Crippen LogP contribution in [0.5, 0.6) is 0 Å². The monoisotopic (exact) mass is 317 g/mol. The van der Waals surface area contributed by atoms with E-state index in [1.165, 1.54) is 5.56 Å². The number of methoxy groups -OCH3 is 1. The largest absolute Gasteiger partial charge is 0.383 e. The van der Waals surface area contributed by atoms with Crippen LogP contribution in [0.3, 0.4) is 0 Å². The normalized spacial score (nSPS) is 16.7. The first-order chi connectivity index (χ1) is 11.3. The van der Waals surface area contributed by atoms with Crippen molar-refractivity contribution in [2.45, 2.75) is 0 Å². The molecule has 0 atom stereocenters. The molecule has 126 valence electrons. The molecule has 0 aromatic heterocycles. The molecule has 1 aliphatic rings. The highest BCUT2D eigenvalue weighted by atomic mass is 16.5. The van der Waals surface area contributed by atoms with E-state index in [1.807, 2.05) is 6.07 Å². The highest BCUT2D eigenvalue weighted by Gasteiger charge is 2.17. The predicted molar refractivity (Wildman–Crippen MR) is 93.2 cm³/mol. The number of amides is 1. The van der Waals surface area contributed by atoms with Crippen molar-refractivity contribution in [2.24, 2.45) is 0 Å². The van der Waals surface area contributed by atoms with E-state index < -0.39 is 0 Å². The van der Waals surface area contributed by atoms with E-state index in [-0.39, 0.29) is 5.91 Å². The third kappa shape index (κ3) is 6.95. The van der Waals surface area contributed by atoms with Gasteiger partial charge in [-0.25, -0.2) is 0 Å². The quantitative estimate of drug-likeness (QED) is 0.729. The lowest BCUT2D eigenvalue weighted by atomic mass is 10.2. The summed E-state index contributed by atoms with van der Waals surface area (Å²) in [6.07, 6.45) is 4.37. The molecule has 0 spiro atoms. The summed E-state index contributed by atoms with van der Waals surface area (Å²) in [5.41, 5.74) is 1.24. The molecule has 0 unspecified atom stereocenters. The molecule has 1 fully saturated rings. The zero-order chi connectivity index (χ0) is 16.3. The molecule has 1 aliphatic heterocycles. The molecule has 5 heteroatoms. The number of hydrogen-bond acceptors (Lipinski definition) is 4. The summed E-state index contributed by atoms with van der Waals surface area (Å²) >= 11 is 0. The molecule has 0 aliphatic carbocycles. The molecule has 1 amide bonds. The van der Waals surface area contributed by atoms with Gasteiger partial charge in [0.25, 0.3) is 0 Å². The number of rotatable bonds is 8. The number of nitrogens with zero attached hydrogens (tertiary/aromatic N) is 2. The Hall–Kier alpha value is -1.69. The van der Waals surface area contributed by atoms with E-state index in [1.54, 1.807) is 7.11 Å². The Bertz CT molecular complexity index is 482. The van der Waals surface area contributed by atoms with Crippen LogP contribution < -0.4 is 5.32 Å². The van der Waals surface area contributed by atoms with Crippen molar-refractivity contribution in [3.05, 3.63) is 42.0 Å². The van der Waals surface area contributed by atoms with Crippen LogP contribution in [-0.4, -0.2) is 75.2 Å². The first-order valence-corrected chi connectivity index (χ1v) is 8.20. The van der Waals surface area contributed by atoms with Gasteiger partial charge in [-0.1, -0.05) is 42.5 Å². The first-order valence-electron chi connectivity index (χ1n) is 8.20. The molecular weight excluding hydrogens is 290 g/mol. The van der Waals surface area contributed by atoms with E-state index in [0.29, 0.717) is 19.7 Å². The second-order valence-electron chi connectivity index (χ2n) is 5.73. The first kappa shape index (κ1) is 17.7. The third-order valence-corrected chi connectivity index (χ3v) is 3.93. The van der Waals surface area contributed by atoms with Crippen molar-refractivity contribution >= 4 is 12.0 Å². The van der Waals surface area contributed by atoms with Crippen LogP contribution in [0.1, 0.15) is 5.56 Å². The Morgan fingerprint density at radius 3 is 2.57 bits per heavy atom. The maximum atomic E-state index is 11.8. The predicted octanol–water partition coefficient (Wildman–Crippen LogP) is 1.08. The second-order valence-corrected chi connectivity index (χ2v) is 5.73. The van der Waals surface area contributed by atoms with Gasteiger partial charge in [0.05, 0.1) is 13.2 Å². The zero-order valence-electron chi connectivity index (χ0n) is 13.9. The summed E-state index contributed by atoms with van der Waals surface area (Å²) in [6.45, 7) is 6.48. The van der Waals surface area contributed by atoms with Gasteiger partial charge in [0.15, 0.2) is 0 Å². The lowest BCUT2D eigenvalue weighted by Crippen LogP contribution is -2.49. The molecule has 0 bridgehead atoms. The van der Waals surface area contributed by atoms with Gasteiger partial charge in [-0.05, 0) is 5.56 Å². The van der Waals surface area contributed by atoms with Crippen LogP contribution in [0.2, 0.25) is 0 Å². The van der Waals surface area contributed by atoms with Crippen LogP contribution >= 0.6 is 0 Å². The lowest BCUT2D eigenvalue weighted by Gasteiger charge is -2.33. The summed E-state index contributed by atoms with van der Waals surface area (Å²) in [4.78, 5) is 16.4. The standard InChI is InChI=1S/C18H27N3O2/c1-23-15-9-19-18(22)16-21-13-11-20(12-14-21)10-5-8-17-6-3-2-4-7-17/h2-8H,9-16H2,1H3,(H,19,22)/b8-5+. The number of ether oxygens (including phenoxy) is 1. The molecule has 0 radical (unpaired) electrons. The Labute approximate surface area is 138 Å². The Morgan fingerprint density at radius 2 is 1.87 bits per heavy atom. The number of hydrogen-bond donors (Lipinski definition) is 1. The molecule has 5 nitrogen and oxygen atoms in total. The number of piperazine rings is 1. The number of nitrogens with one attached hydrogen (secondary N) is 1. The van der Waals surface area contributed by atoms with Gasteiger partial charge < -0.3 is 10.1 Å². The maximum Gasteiger partial charge on any atom is 0.234 e. The minimum atomic E-state index is 0.0828. The van der Waals surface area contributed by atoms with Crippen LogP contribution in [0, 0.1) is 0 Å². The fourth-order valence-electron chi connectivity index (χ4n) is 2.58. The average Bonchev–Trinajstić information content (AvgIpc) is 2.58. The van der Waals surface area contributed by atoms with Gasteiger partial charge in [0.2, 0.25) is 5.91 Å². The van der Waals surface area contributed by atoms with Gasteiger partial charge in [0.1, 0.15) is 0 Å². The Morgan fingerprint density at radius 1 is 1.17 bits per heavy atom. The van der Waals surface area contributed by atoms with Crippen molar-refractivity contribution < 1.29 is 9.53 Å². The highest BCUT2D eigenvalue weighted by Crippen LogP contribution is 2.04. The van der Waals surface area contributed by atoms with Crippen LogP contribution in [0.25, 0.3) is 6.08 Å². The maximum absolute atomic E-state index is 11.8. The van der Waals surface area contributed by atoms with Gasteiger partial charge in [-0.15, -0.1) is 0 Å². The SMILES string of the molecule is COCCNC(=O)CN1CCN(C/C=C/c2ccccc2)CC1. The molecular formula is C18H27N3O2. The van der Waals surface area contributed by atoms with Gasteiger partial charge in [-0.2, -0.15) is 0 Å². The number of carbonyl (C=O) groups excluding carboxylic acids is 1. The van der Waals surface area contributed by atoms with Crippen molar-refractivity contribution in [3.8, 4) is 0 Å². The summed E-state index contributed by atoms with van der Waals surface area (Å²) in [6, 6.07) is 10.3. The van der Waals surface area contributed by atoms with E-state index in [9.17, 15) is 4.79 Å². The topological polar surface area (TPSA) is 44.8 Å². The molecule has 0 saturated carbocycles. The van der Waals surface area contributed by atoms with E-state index in [0.717, 1.165) is 32.7 Å². The Balaban J connectivity index is 1.62. The fraction of sp³-hybridized carbons (Fsp3) is 0.500. The van der Waals surface area contributed by atoms with Crippen molar-refractivity contribution in [2.75, 3.05) is 59.5 Å². The summed E-state index contributed by atoms with van der Waals surface area (Å²) < 4.78 is 4.92. The molecule has 2 rings (SSSR count). The van der Waals surface area contributed by atoms with E-state index in [2.05, 4.69) is 51.5 Å². The van der Waals surface area contributed by atoms with Crippen LogP contribution in [0.4, 0.5) is 0 Å². The summed E-state index contributed by atoms with van der Waals surface area (Å²) in [7, 11) is 1.64. The van der Waals surface area contributed by atoms with Crippen LogP contribution in [-0.2, 0) is 9.53 Å². The van der Waals surface area contributed by atoms with E-state index in [4.69, 9.17) is 4.74 Å². The lowest BCUT2D eigenvalue weighted by molar-refractivity contribution is -0.122. The summed E-state index contributed by atoms with van der Waals surface area (Å²) in [5, 5.41) is 2.86. The molecule has 1 heterocycles. The van der Waals surface area contributed by atoms with Gasteiger partial charge >= 0.3 is 0 Å². The second kappa shape index (κ2) is 10.2. The molecule has 1 N–H and O–H groups in total. The zero-order valence-corrected chi connectivity index (χ0v) is 13.9. The van der Waals surface area contributed by atoms with Crippen molar-refractivity contribution in [3.63, 3.8) is 0 Å². The van der Waals surface area contributed by atoms with E-state index >= 15 is 0 Å². The minimum Gasteiger partial charge on any atom is -0.383 e. The average molecular weight is 317 g/mol. The van der Waals surface area contributed by atoms with Crippen LogP contribution in [0.15, 0.2) is 36.4 Å². The highest BCUT2D eigenvalue weighted by molar-refractivity contribution is 5.78. The Kier molecular flexibility index (Phi) is 7.80. The van der Waals surface area contributed by atoms with Gasteiger partial charge in [-0.3, -0.25) is 14.6 Å². The molecule has 1 aromatic carbocycles. The minimum absolute atomic E-state index is 0.0828. The fourth-order valence-corrected chi connectivity index (χ4v) is 2.58. The number of benzene rings is 1. The number of carbonyl (C=O) groups is 1. The van der Waals surface area contributed by atoms with Crippen molar-refractivity contribution in [1.29, 1.82) is 0 Å². The molecule has 1 aromatic rings. The smallest absolute Gasteiger partial charge is 0.234 e.